The van der Waals surface area contributed by atoms with Gasteiger partial charge >= 0.3 is 6.09 Å². The number of aromatic nitrogens is 1. The third-order valence-electron chi connectivity index (χ3n) is 6.46. The second kappa shape index (κ2) is 13.6. The number of nitrogens with zero attached hydrogens (tertiary/aromatic N) is 3. The monoisotopic (exact) mass is 517 g/mol. The van der Waals surface area contributed by atoms with Crippen LogP contribution in [0.5, 0.6) is 0 Å². The van der Waals surface area contributed by atoms with Crippen LogP contribution >= 0.6 is 0 Å². The average molecular weight is 518 g/mol. The molecule has 9 nitrogen and oxygen atoms in total. The van der Waals surface area contributed by atoms with Crippen molar-refractivity contribution in [3.8, 4) is 0 Å². The molecule has 0 spiro atoms. The Balaban J connectivity index is 1.30. The van der Waals surface area contributed by atoms with Crippen LogP contribution < -0.4 is 15.5 Å². The zero-order valence-electron chi connectivity index (χ0n) is 22.0. The SMILES string of the molecule is COCCN1CCN(c2ccc(C)cc2C(=O)Nc2ccc(CNC(=O)OCc3cccnc3)cc2)CC1. The van der Waals surface area contributed by atoms with E-state index in [1.807, 2.05) is 55.5 Å². The van der Waals surface area contributed by atoms with Gasteiger partial charge in [0.05, 0.1) is 12.2 Å². The average Bonchev–Trinajstić information content (AvgIpc) is 2.95. The zero-order valence-corrected chi connectivity index (χ0v) is 22.0. The predicted octanol–water partition coefficient (Wildman–Crippen LogP) is 3.84. The summed E-state index contributed by atoms with van der Waals surface area (Å²) in [5.74, 6) is -0.143. The molecule has 9 heteroatoms. The van der Waals surface area contributed by atoms with Crippen LogP contribution in [0.1, 0.15) is 27.0 Å². The fourth-order valence-corrected chi connectivity index (χ4v) is 4.30. The van der Waals surface area contributed by atoms with Crippen LogP contribution in [0.15, 0.2) is 67.0 Å². The van der Waals surface area contributed by atoms with Crippen LogP contribution in [0.3, 0.4) is 0 Å². The van der Waals surface area contributed by atoms with Crippen molar-refractivity contribution in [1.82, 2.24) is 15.2 Å². The third-order valence-corrected chi connectivity index (χ3v) is 6.46. The van der Waals surface area contributed by atoms with E-state index < -0.39 is 6.09 Å². The van der Waals surface area contributed by atoms with E-state index in [1.54, 1.807) is 25.6 Å². The molecule has 200 valence electrons. The van der Waals surface area contributed by atoms with Gasteiger partial charge < -0.3 is 25.0 Å². The Morgan fingerprint density at radius 2 is 1.79 bits per heavy atom. The van der Waals surface area contributed by atoms with Crippen molar-refractivity contribution in [2.45, 2.75) is 20.1 Å². The molecule has 38 heavy (non-hydrogen) atoms. The van der Waals surface area contributed by atoms with E-state index in [0.29, 0.717) is 17.8 Å². The van der Waals surface area contributed by atoms with Crippen LogP contribution in [0, 0.1) is 6.92 Å². The number of methoxy groups -OCH3 is 1. The lowest BCUT2D eigenvalue weighted by Gasteiger charge is -2.36. The first-order chi connectivity index (χ1) is 18.5. The highest BCUT2D eigenvalue weighted by atomic mass is 16.5. The molecule has 2 aromatic carbocycles. The van der Waals surface area contributed by atoms with Gasteiger partial charge in [-0.2, -0.15) is 0 Å². The number of hydrogen-bond donors (Lipinski definition) is 2. The number of carbonyl (C=O) groups excluding carboxylic acids is 2. The number of benzene rings is 2. The highest BCUT2D eigenvalue weighted by Crippen LogP contribution is 2.25. The molecule has 0 atom stereocenters. The summed E-state index contributed by atoms with van der Waals surface area (Å²) in [6.07, 6.45) is 2.82. The highest BCUT2D eigenvalue weighted by Gasteiger charge is 2.22. The molecule has 0 saturated carbocycles. The molecular formula is C29H35N5O4. The summed E-state index contributed by atoms with van der Waals surface area (Å²) in [6, 6.07) is 17.1. The first-order valence-electron chi connectivity index (χ1n) is 12.8. The Kier molecular flexibility index (Phi) is 9.66. The van der Waals surface area contributed by atoms with Crippen molar-refractivity contribution < 1.29 is 19.1 Å². The van der Waals surface area contributed by atoms with Gasteiger partial charge in [0.2, 0.25) is 0 Å². The maximum atomic E-state index is 13.3. The zero-order chi connectivity index (χ0) is 26.7. The number of anilines is 2. The minimum atomic E-state index is -0.502. The molecule has 1 saturated heterocycles. The number of alkyl carbamates (subject to hydrolysis) is 1. The quantitative estimate of drug-likeness (QED) is 0.422. The number of nitrogens with one attached hydrogen (secondary N) is 2. The molecule has 2 heterocycles. The molecule has 1 aliphatic rings. The number of ether oxygens (including phenoxy) is 2. The molecule has 1 aliphatic heterocycles. The number of carbonyl (C=O) groups is 2. The van der Waals surface area contributed by atoms with Crippen LogP contribution in [0.2, 0.25) is 0 Å². The van der Waals surface area contributed by atoms with Crippen molar-refractivity contribution in [2.24, 2.45) is 0 Å². The number of aryl methyl sites for hydroxylation is 1. The standard InChI is InChI=1S/C29H35N5O4/c1-22-5-10-27(34-14-12-33(13-15-34)16-17-37-2)26(18-22)28(35)32-25-8-6-23(7-9-25)20-31-29(36)38-21-24-4-3-11-30-19-24/h3-11,18-19H,12-17,20-21H2,1-2H3,(H,31,36)(H,32,35). The molecule has 0 radical (unpaired) electrons. The molecule has 2 amide bonds. The lowest BCUT2D eigenvalue weighted by molar-refractivity contribution is 0.102. The number of rotatable bonds is 10. The smallest absolute Gasteiger partial charge is 0.407 e. The van der Waals surface area contributed by atoms with Crippen molar-refractivity contribution in [3.05, 3.63) is 89.2 Å². The normalized spacial score (nSPS) is 13.7. The van der Waals surface area contributed by atoms with Crippen molar-refractivity contribution in [3.63, 3.8) is 0 Å². The predicted molar refractivity (Wildman–Crippen MR) is 147 cm³/mol. The van der Waals surface area contributed by atoms with Crippen molar-refractivity contribution in [1.29, 1.82) is 0 Å². The molecular weight excluding hydrogens is 482 g/mol. The Hall–Kier alpha value is -3.95. The van der Waals surface area contributed by atoms with E-state index in [1.165, 1.54) is 0 Å². The second-order valence-electron chi connectivity index (χ2n) is 9.28. The number of amides is 2. The maximum absolute atomic E-state index is 13.3. The highest BCUT2D eigenvalue weighted by molar-refractivity contribution is 6.08. The Labute approximate surface area is 223 Å². The van der Waals surface area contributed by atoms with Crippen LogP contribution in [-0.4, -0.2) is 68.3 Å². The van der Waals surface area contributed by atoms with E-state index >= 15 is 0 Å². The fraction of sp³-hybridized carbons (Fsp3) is 0.345. The lowest BCUT2D eigenvalue weighted by atomic mass is 10.1. The summed E-state index contributed by atoms with van der Waals surface area (Å²) in [5, 5.41) is 5.76. The van der Waals surface area contributed by atoms with Gasteiger partial charge in [0, 0.05) is 75.7 Å². The van der Waals surface area contributed by atoms with Gasteiger partial charge in [-0.1, -0.05) is 29.8 Å². The molecule has 3 aromatic rings. The summed E-state index contributed by atoms with van der Waals surface area (Å²) in [7, 11) is 1.72. The van der Waals surface area contributed by atoms with Gasteiger partial charge in [0.1, 0.15) is 6.61 Å². The van der Waals surface area contributed by atoms with Crippen LogP contribution in [-0.2, 0) is 22.6 Å². The Morgan fingerprint density at radius 1 is 1.00 bits per heavy atom. The van der Waals surface area contributed by atoms with Gasteiger partial charge in [-0.15, -0.1) is 0 Å². The minimum absolute atomic E-state index is 0.143. The van der Waals surface area contributed by atoms with Gasteiger partial charge in [-0.05, 0) is 42.8 Å². The molecule has 1 aromatic heterocycles. The number of hydrogen-bond acceptors (Lipinski definition) is 7. The molecule has 0 bridgehead atoms. The molecule has 0 unspecified atom stereocenters. The summed E-state index contributed by atoms with van der Waals surface area (Å²) in [5.41, 5.74) is 5.06. The van der Waals surface area contributed by atoms with Crippen LogP contribution in [0.25, 0.3) is 0 Å². The Bertz CT molecular complexity index is 1200. The van der Waals surface area contributed by atoms with E-state index in [-0.39, 0.29) is 12.5 Å². The van der Waals surface area contributed by atoms with Gasteiger partial charge in [-0.3, -0.25) is 14.7 Å². The second-order valence-corrected chi connectivity index (χ2v) is 9.28. The number of pyridine rings is 1. The number of piperazine rings is 1. The topological polar surface area (TPSA) is 96.0 Å². The first-order valence-corrected chi connectivity index (χ1v) is 12.8. The van der Waals surface area contributed by atoms with Gasteiger partial charge in [0.25, 0.3) is 5.91 Å². The molecule has 4 rings (SSSR count). The first kappa shape index (κ1) is 27.1. The van der Waals surface area contributed by atoms with Crippen molar-refractivity contribution in [2.75, 3.05) is 56.7 Å². The summed E-state index contributed by atoms with van der Waals surface area (Å²) >= 11 is 0. The molecule has 0 aliphatic carbocycles. The van der Waals surface area contributed by atoms with E-state index in [0.717, 1.165) is 61.7 Å². The van der Waals surface area contributed by atoms with Gasteiger partial charge in [-0.25, -0.2) is 4.79 Å². The maximum Gasteiger partial charge on any atom is 0.407 e. The van der Waals surface area contributed by atoms with Crippen molar-refractivity contribution >= 4 is 23.4 Å². The lowest BCUT2D eigenvalue weighted by Crippen LogP contribution is -2.47. The van der Waals surface area contributed by atoms with E-state index in [4.69, 9.17) is 9.47 Å². The molecule has 1 fully saturated rings. The summed E-state index contributed by atoms with van der Waals surface area (Å²) in [6.45, 7) is 7.71. The van der Waals surface area contributed by atoms with E-state index in [9.17, 15) is 9.59 Å². The Morgan fingerprint density at radius 3 is 2.50 bits per heavy atom. The van der Waals surface area contributed by atoms with Crippen LogP contribution in [0.4, 0.5) is 16.2 Å². The fourth-order valence-electron chi connectivity index (χ4n) is 4.30. The minimum Gasteiger partial charge on any atom is -0.445 e. The third kappa shape index (κ3) is 7.77. The van der Waals surface area contributed by atoms with E-state index in [2.05, 4.69) is 25.4 Å². The summed E-state index contributed by atoms with van der Waals surface area (Å²) in [4.78, 5) is 33.9. The largest absolute Gasteiger partial charge is 0.445 e. The molecule has 2 N–H and O–H groups in total. The van der Waals surface area contributed by atoms with Gasteiger partial charge in [0.15, 0.2) is 0 Å². The summed E-state index contributed by atoms with van der Waals surface area (Å²) < 4.78 is 10.4.